The molecule has 0 saturated heterocycles. The number of Topliss-reactive ketones (excluding diaryl/α,β-unsaturated/α-hetero) is 1. The first kappa shape index (κ1) is 20.7. The van der Waals surface area contributed by atoms with Crippen LogP contribution in [0.5, 0.6) is 5.75 Å². The van der Waals surface area contributed by atoms with Gasteiger partial charge < -0.3 is 15.4 Å². The van der Waals surface area contributed by atoms with Gasteiger partial charge in [0.05, 0.1) is 24.0 Å². The third-order valence-electron chi connectivity index (χ3n) is 6.18. The van der Waals surface area contributed by atoms with Crippen molar-refractivity contribution >= 4 is 28.8 Å². The highest BCUT2D eigenvalue weighted by atomic mass is 35.5. The molecule has 1 heterocycles. The summed E-state index contributed by atoms with van der Waals surface area (Å²) in [5.41, 5.74) is 5.80. The maximum atomic E-state index is 13.6. The Balaban J connectivity index is 1.62. The number of hydrogen-bond acceptors (Lipinski definition) is 4. The number of hydrogen-bond donors (Lipinski definition) is 2. The molecule has 2 aliphatic rings. The Bertz CT molecular complexity index is 1190. The molecule has 5 heteroatoms. The van der Waals surface area contributed by atoms with Crippen molar-refractivity contribution in [2.24, 2.45) is 0 Å². The molecule has 0 saturated carbocycles. The SMILES string of the molecule is CCOc1ccccc1[C@H]1Nc2ccccc2NC2=C1C(=O)C[C@@H](c1ccc(Cl)cc1)C2. The first-order chi connectivity index (χ1) is 15.6. The van der Waals surface area contributed by atoms with Crippen LogP contribution in [0.3, 0.4) is 0 Å². The van der Waals surface area contributed by atoms with E-state index in [1.54, 1.807) is 0 Å². The minimum atomic E-state index is -0.289. The van der Waals surface area contributed by atoms with Crippen LogP contribution >= 0.6 is 11.6 Å². The van der Waals surface area contributed by atoms with Crippen molar-refractivity contribution in [3.05, 3.63) is 100 Å². The molecule has 2 N–H and O–H groups in total. The van der Waals surface area contributed by atoms with Gasteiger partial charge in [0.2, 0.25) is 0 Å². The standard InChI is InChI=1S/C27H25ClN2O2/c1-2-32-25-10-6-3-7-20(25)27-26-23(29-21-8-4-5-9-22(21)30-27)15-18(16-24(26)31)17-11-13-19(28)14-12-17/h3-14,18,27,29-30H,2,15-16H2,1H3/t18-,27+/m0/s1. The number of benzene rings is 3. The van der Waals surface area contributed by atoms with Gasteiger partial charge in [-0.25, -0.2) is 0 Å². The Labute approximate surface area is 193 Å². The summed E-state index contributed by atoms with van der Waals surface area (Å²) in [5, 5.41) is 7.91. The number of ketones is 1. The summed E-state index contributed by atoms with van der Waals surface area (Å²) in [6.45, 7) is 2.54. The molecule has 0 spiro atoms. The zero-order chi connectivity index (χ0) is 22.1. The van der Waals surface area contributed by atoms with Crippen LogP contribution in [-0.4, -0.2) is 12.4 Å². The molecule has 1 aliphatic heterocycles. The molecule has 0 bridgehead atoms. The lowest BCUT2D eigenvalue weighted by atomic mass is 9.78. The summed E-state index contributed by atoms with van der Waals surface area (Å²) < 4.78 is 5.93. The minimum absolute atomic E-state index is 0.110. The number of nitrogens with one attached hydrogen (secondary N) is 2. The zero-order valence-electron chi connectivity index (χ0n) is 17.9. The lowest BCUT2D eigenvalue weighted by molar-refractivity contribution is -0.116. The topological polar surface area (TPSA) is 50.4 Å². The van der Waals surface area contributed by atoms with Crippen LogP contribution in [0, 0.1) is 0 Å². The maximum absolute atomic E-state index is 13.6. The summed E-state index contributed by atoms with van der Waals surface area (Å²) >= 11 is 6.09. The molecular weight excluding hydrogens is 420 g/mol. The largest absolute Gasteiger partial charge is 0.494 e. The third kappa shape index (κ3) is 3.87. The van der Waals surface area contributed by atoms with Gasteiger partial charge in [-0.2, -0.15) is 0 Å². The second-order valence-corrected chi connectivity index (χ2v) is 8.63. The number of fused-ring (bicyclic) bond motifs is 1. The van der Waals surface area contributed by atoms with Gasteiger partial charge in [-0.1, -0.05) is 54.1 Å². The number of anilines is 2. The van der Waals surface area contributed by atoms with Gasteiger partial charge in [-0.05, 0) is 55.2 Å². The van der Waals surface area contributed by atoms with Gasteiger partial charge in [0.25, 0.3) is 0 Å². The second kappa shape index (κ2) is 8.71. The maximum Gasteiger partial charge on any atom is 0.163 e. The first-order valence-electron chi connectivity index (χ1n) is 11.0. The summed E-state index contributed by atoms with van der Waals surface area (Å²) in [6.07, 6.45) is 1.22. The predicted molar refractivity (Wildman–Crippen MR) is 129 cm³/mol. The van der Waals surface area contributed by atoms with Crippen molar-refractivity contribution in [2.75, 3.05) is 17.2 Å². The molecule has 2 atom stereocenters. The normalized spacial score (nSPS) is 19.9. The molecule has 0 radical (unpaired) electrons. The molecule has 162 valence electrons. The number of carbonyl (C=O) groups excluding carboxylic acids is 1. The van der Waals surface area contributed by atoms with Crippen LogP contribution in [0.2, 0.25) is 5.02 Å². The molecule has 1 aliphatic carbocycles. The van der Waals surface area contributed by atoms with Crippen LogP contribution in [0.1, 0.15) is 42.9 Å². The molecule has 0 aromatic heterocycles. The fraction of sp³-hybridized carbons (Fsp3) is 0.222. The van der Waals surface area contributed by atoms with E-state index in [0.29, 0.717) is 18.1 Å². The molecule has 32 heavy (non-hydrogen) atoms. The third-order valence-corrected chi connectivity index (χ3v) is 6.43. The average Bonchev–Trinajstić information content (AvgIpc) is 2.97. The van der Waals surface area contributed by atoms with E-state index >= 15 is 0 Å². The Morgan fingerprint density at radius 2 is 1.66 bits per heavy atom. The van der Waals surface area contributed by atoms with E-state index in [9.17, 15) is 4.79 Å². The number of rotatable bonds is 4. The molecule has 0 unspecified atom stereocenters. The number of carbonyl (C=O) groups is 1. The molecule has 5 rings (SSSR count). The van der Waals surface area contributed by atoms with E-state index in [4.69, 9.17) is 16.3 Å². The van der Waals surface area contributed by atoms with Crippen LogP contribution < -0.4 is 15.4 Å². The molecule has 0 fully saturated rings. The zero-order valence-corrected chi connectivity index (χ0v) is 18.7. The molecular formula is C27H25ClN2O2. The number of para-hydroxylation sites is 3. The summed E-state index contributed by atoms with van der Waals surface area (Å²) in [5.74, 6) is 1.06. The van der Waals surface area contributed by atoms with Crippen LogP contribution in [0.4, 0.5) is 11.4 Å². The van der Waals surface area contributed by atoms with Gasteiger partial charge in [-0.3, -0.25) is 4.79 Å². The van der Waals surface area contributed by atoms with Gasteiger partial charge in [-0.15, -0.1) is 0 Å². The van der Waals surface area contributed by atoms with Gasteiger partial charge in [0.15, 0.2) is 5.78 Å². The van der Waals surface area contributed by atoms with Crippen molar-refractivity contribution in [1.82, 2.24) is 0 Å². The number of halogens is 1. The average molecular weight is 445 g/mol. The van der Waals surface area contributed by atoms with Crippen LogP contribution in [0.25, 0.3) is 0 Å². The van der Waals surface area contributed by atoms with Crippen LogP contribution in [0.15, 0.2) is 84.1 Å². The summed E-state index contributed by atoms with van der Waals surface area (Å²) in [6, 6.07) is 23.6. The molecule has 3 aromatic rings. The summed E-state index contributed by atoms with van der Waals surface area (Å²) in [4.78, 5) is 13.6. The van der Waals surface area contributed by atoms with E-state index in [0.717, 1.165) is 45.9 Å². The first-order valence-corrected chi connectivity index (χ1v) is 11.4. The lowest BCUT2D eigenvalue weighted by Crippen LogP contribution is -2.27. The van der Waals surface area contributed by atoms with E-state index in [1.165, 1.54) is 0 Å². The van der Waals surface area contributed by atoms with Crippen molar-refractivity contribution in [3.63, 3.8) is 0 Å². The van der Waals surface area contributed by atoms with Crippen LogP contribution in [-0.2, 0) is 4.79 Å². The quantitative estimate of drug-likeness (QED) is 0.469. The highest BCUT2D eigenvalue weighted by molar-refractivity contribution is 6.30. The Morgan fingerprint density at radius 1 is 0.938 bits per heavy atom. The van der Waals surface area contributed by atoms with Crippen molar-refractivity contribution in [3.8, 4) is 5.75 Å². The number of ether oxygens (including phenoxy) is 1. The van der Waals surface area contributed by atoms with E-state index in [1.807, 2.05) is 79.7 Å². The fourth-order valence-electron chi connectivity index (χ4n) is 4.70. The fourth-order valence-corrected chi connectivity index (χ4v) is 4.83. The van der Waals surface area contributed by atoms with Crippen molar-refractivity contribution < 1.29 is 9.53 Å². The van der Waals surface area contributed by atoms with E-state index in [-0.39, 0.29) is 17.7 Å². The Hall–Kier alpha value is -3.24. The van der Waals surface area contributed by atoms with Crippen molar-refractivity contribution in [2.45, 2.75) is 31.7 Å². The molecule has 3 aromatic carbocycles. The summed E-state index contributed by atoms with van der Waals surface area (Å²) in [7, 11) is 0. The number of allylic oxidation sites excluding steroid dienone is 1. The van der Waals surface area contributed by atoms with Gasteiger partial charge in [0.1, 0.15) is 5.75 Å². The predicted octanol–water partition coefficient (Wildman–Crippen LogP) is 6.72. The lowest BCUT2D eigenvalue weighted by Gasteiger charge is -2.30. The molecule has 4 nitrogen and oxygen atoms in total. The monoisotopic (exact) mass is 444 g/mol. The highest BCUT2D eigenvalue weighted by Crippen LogP contribution is 2.45. The van der Waals surface area contributed by atoms with Gasteiger partial charge in [0, 0.05) is 28.3 Å². The Kier molecular flexibility index (Phi) is 5.62. The van der Waals surface area contributed by atoms with Gasteiger partial charge >= 0.3 is 0 Å². The second-order valence-electron chi connectivity index (χ2n) is 8.19. The van der Waals surface area contributed by atoms with Crippen molar-refractivity contribution in [1.29, 1.82) is 0 Å². The molecule has 0 amide bonds. The van der Waals surface area contributed by atoms with E-state index < -0.39 is 0 Å². The van der Waals surface area contributed by atoms with E-state index in [2.05, 4.69) is 10.6 Å². The smallest absolute Gasteiger partial charge is 0.163 e. The minimum Gasteiger partial charge on any atom is -0.494 e. The highest BCUT2D eigenvalue weighted by Gasteiger charge is 2.37. The Morgan fingerprint density at radius 3 is 2.44 bits per heavy atom.